The van der Waals surface area contributed by atoms with E-state index < -0.39 is 0 Å². The molecule has 9 atom stereocenters. The molecule has 170 valence electrons. The number of rotatable bonds is 4. The van der Waals surface area contributed by atoms with Crippen LogP contribution in [0.4, 0.5) is 0 Å². The zero-order chi connectivity index (χ0) is 22.3. The van der Waals surface area contributed by atoms with Crippen LogP contribution in [0.5, 0.6) is 0 Å². The van der Waals surface area contributed by atoms with Crippen LogP contribution in [0.15, 0.2) is 23.8 Å². The number of hydrogen-bond donors (Lipinski definition) is 0. The second kappa shape index (κ2) is 6.89. The van der Waals surface area contributed by atoms with Gasteiger partial charge in [-0.3, -0.25) is 9.59 Å². The smallest absolute Gasteiger partial charge is 0.159 e. The minimum atomic E-state index is -0.225. The van der Waals surface area contributed by atoms with Gasteiger partial charge in [-0.25, -0.2) is 0 Å². The first-order valence-electron chi connectivity index (χ1n) is 12.7. The monoisotopic (exact) mass is 424 g/mol. The molecule has 5 aliphatic rings. The molecule has 0 aromatic heterocycles. The number of epoxide rings is 1. The number of hydrogen-bond acceptors (Lipinski definition) is 3. The van der Waals surface area contributed by atoms with Crippen LogP contribution in [0.1, 0.15) is 80.1 Å². The Kier molecular flexibility index (Phi) is 4.80. The van der Waals surface area contributed by atoms with Gasteiger partial charge in [0.05, 0.1) is 6.10 Å². The Hall–Kier alpha value is -1.22. The molecule has 0 aromatic rings. The second-order valence-corrected chi connectivity index (χ2v) is 12.3. The maximum Gasteiger partial charge on any atom is 0.159 e. The third kappa shape index (κ3) is 2.81. The topological polar surface area (TPSA) is 46.7 Å². The van der Waals surface area contributed by atoms with Gasteiger partial charge >= 0.3 is 0 Å². The summed E-state index contributed by atoms with van der Waals surface area (Å²) in [5.74, 6) is 3.11. The van der Waals surface area contributed by atoms with Crippen molar-refractivity contribution in [3.05, 3.63) is 23.8 Å². The van der Waals surface area contributed by atoms with E-state index in [0.29, 0.717) is 42.4 Å². The Morgan fingerprint density at radius 1 is 1.06 bits per heavy atom. The Balaban J connectivity index is 1.46. The lowest BCUT2D eigenvalue weighted by atomic mass is 9.47. The van der Waals surface area contributed by atoms with E-state index >= 15 is 0 Å². The summed E-state index contributed by atoms with van der Waals surface area (Å²) in [7, 11) is 0. The highest BCUT2D eigenvalue weighted by Gasteiger charge is 2.79. The van der Waals surface area contributed by atoms with Crippen LogP contribution in [0.25, 0.3) is 0 Å². The van der Waals surface area contributed by atoms with Gasteiger partial charge < -0.3 is 4.74 Å². The quantitative estimate of drug-likeness (QED) is 0.415. The zero-order valence-corrected chi connectivity index (χ0v) is 20.2. The third-order valence-corrected chi connectivity index (χ3v) is 10.6. The molecule has 3 saturated carbocycles. The summed E-state index contributed by atoms with van der Waals surface area (Å²) in [6.45, 7) is 14.0. The molecule has 4 fully saturated rings. The third-order valence-electron chi connectivity index (χ3n) is 10.6. The van der Waals surface area contributed by atoms with E-state index in [2.05, 4.69) is 53.7 Å². The molecular weight excluding hydrogens is 384 g/mol. The number of Topliss-reactive ketones (excluding diaryl/α,β-unsaturated/α-hetero) is 1. The van der Waals surface area contributed by atoms with Gasteiger partial charge in [-0.2, -0.15) is 0 Å². The van der Waals surface area contributed by atoms with E-state index in [0.717, 1.165) is 19.3 Å². The molecule has 1 saturated heterocycles. The van der Waals surface area contributed by atoms with E-state index in [1.807, 2.05) is 6.08 Å². The summed E-state index contributed by atoms with van der Waals surface area (Å²) in [4.78, 5) is 25.4. The van der Waals surface area contributed by atoms with Gasteiger partial charge in [0.1, 0.15) is 11.4 Å². The molecular formula is C28H40O3. The van der Waals surface area contributed by atoms with Crippen LogP contribution in [0.2, 0.25) is 0 Å². The van der Waals surface area contributed by atoms with Crippen molar-refractivity contribution >= 4 is 11.6 Å². The summed E-state index contributed by atoms with van der Waals surface area (Å²) < 4.78 is 6.54. The number of ketones is 2. The van der Waals surface area contributed by atoms with Crippen LogP contribution in [0.3, 0.4) is 0 Å². The van der Waals surface area contributed by atoms with E-state index in [1.165, 1.54) is 12.0 Å². The molecule has 4 aliphatic carbocycles. The minimum Gasteiger partial charge on any atom is -0.361 e. The van der Waals surface area contributed by atoms with Crippen molar-refractivity contribution in [3.8, 4) is 0 Å². The summed E-state index contributed by atoms with van der Waals surface area (Å²) in [5.41, 5.74) is 1.10. The van der Waals surface area contributed by atoms with Gasteiger partial charge in [0.15, 0.2) is 5.78 Å². The fourth-order valence-electron chi connectivity index (χ4n) is 8.12. The van der Waals surface area contributed by atoms with E-state index in [-0.39, 0.29) is 40.0 Å². The highest BCUT2D eigenvalue weighted by Crippen LogP contribution is 2.75. The van der Waals surface area contributed by atoms with Gasteiger partial charge in [-0.15, -0.1) is 0 Å². The Morgan fingerprint density at radius 2 is 1.81 bits per heavy atom. The molecule has 31 heavy (non-hydrogen) atoms. The molecule has 1 heterocycles. The van der Waals surface area contributed by atoms with Crippen LogP contribution in [-0.4, -0.2) is 23.3 Å². The number of carbonyl (C=O) groups is 2. The van der Waals surface area contributed by atoms with Crippen molar-refractivity contribution in [2.45, 2.75) is 91.8 Å². The maximum atomic E-state index is 13.2. The lowest BCUT2D eigenvalue weighted by Gasteiger charge is -2.56. The van der Waals surface area contributed by atoms with E-state index in [9.17, 15) is 9.59 Å². The molecule has 3 nitrogen and oxygen atoms in total. The molecule has 0 N–H and O–H groups in total. The molecule has 5 rings (SSSR count). The highest BCUT2D eigenvalue weighted by atomic mass is 16.6. The molecule has 1 spiro atoms. The zero-order valence-electron chi connectivity index (χ0n) is 20.2. The predicted octanol–water partition coefficient (Wildman–Crippen LogP) is 5.93. The van der Waals surface area contributed by atoms with Crippen molar-refractivity contribution in [1.82, 2.24) is 0 Å². The predicted molar refractivity (Wildman–Crippen MR) is 122 cm³/mol. The number of fused-ring (bicyclic) bond motifs is 3. The highest BCUT2D eigenvalue weighted by molar-refractivity contribution is 5.98. The molecule has 0 amide bonds. The van der Waals surface area contributed by atoms with Crippen LogP contribution in [-0.2, 0) is 14.3 Å². The van der Waals surface area contributed by atoms with Crippen LogP contribution < -0.4 is 0 Å². The van der Waals surface area contributed by atoms with Crippen LogP contribution in [0, 0.1) is 46.3 Å². The Bertz CT molecular complexity index is 867. The van der Waals surface area contributed by atoms with Crippen LogP contribution >= 0.6 is 0 Å². The lowest BCUT2D eigenvalue weighted by Crippen LogP contribution is -2.55. The average Bonchev–Trinajstić information content (AvgIpc) is 3.38. The lowest BCUT2D eigenvalue weighted by molar-refractivity contribution is -0.138. The number of ether oxygens (including phenoxy) is 1. The van der Waals surface area contributed by atoms with Crippen molar-refractivity contribution in [2.75, 3.05) is 0 Å². The summed E-state index contributed by atoms with van der Waals surface area (Å²) >= 11 is 0. The van der Waals surface area contributed by atoms with Gasteiger partial charge in [0.2, 0.25) is 0 Å². The summed E-state index contributed by atoms with van der Waals surface area (Å²) in [6.07, 6.45) is 12.4. The normalized spacial score (nSPS) is 48.0. The van der Waals surface area contributed by atoms with E-state index in [4.69, 9.17) is 4.74 Å². The fourth-order valence-corrected chi connectivity index (χ4v) is 8.12. The molecule has 0 bridgehead atoms. The van der Waals surface area contributed by atoms with Gasteiger partial charge in [-0.1, -0.05) is 53.7 Å². The van der Waals surface area contributed by atoms with E-state index in [1.54, 1.807) is 0 Å². The average molecular weight is 425 g/mol. The van der Waals surface area contributed by atoms with Crippen molar-refractivity contribution < 1.29 is 14.3 Å². The van der Waals surface area contributed by atoms with Crippen molar-refractivity contribution in [3.63, 3.8) is 0 Å². The van der Waals surface area contributed by atoms with Crippen molar-refractivity contribution in [1.29, 1.82) is 0 Å². The van der Waals surface area contributed by atoms with Gasteiger partial charge in [-0.05, 0) is 72.3 Å². The van der Waals surface area contributed by atoms with Gasteiger partial charge in [0, 0.05) is 24.2 Å². The number of carbonyl (C=O) groups excluding carboxylic acids is 2. The van der Waals surface area contributed by atoms with Crippen molar-refractivity contribution in [2.24, 2.45) is 46.3 Å². The standard InChI is InChI=1S/C28H40O3/c1-16(2)17(3)7-8-18(4)21-15-25-28(31-25)22-14-24(30)23-13-19(29)9-11-26(23,5)20(22)10-12-27(21,28)6/h7-8,14,16-18,20-21,23,25H,9-13,15H2,1-6H3/b8-7+/t17?,18-,20-,21+,23-,25+,26+,27+,28?/m0/s1. The molecule has 3 heteroatoms. The molecule has 0 radical (unpaired) electrons. The summed E-state index contributed by atoms with van der Waals surface area (Å²) in [5, 5.41) is 0. The second-order valence-electron chi connectivity index (χ2n) is 12.3. The first-order chi connectivity index (χ1) is 14.5. The molecule has 1 aliphatic heterocycles. The fraction of sp³-hybridized carbons (Fsp3) is 0.786. The first-order valence-corrected chi connectivity index (χ1v) is 12.7. The molecule has 0 aromatic carbocycles. The minimum absolute atomic E-state index is 0.0715. The SMILES string of the molecule is CC(C)C(C)/C=C/[C@H](C)[C@H]1C[C@H]2OC23C2=CC(=O)[C@@H]4CC(=O)CC[C@]4(C)[C@H]2CC[C@]13C. The number of allylic oxidation sites excluding steroid dienone is 3. The maximum absolute atomic E-state index is 13.2. The summed E-state index contributed by atoms with van der Waals surface area (Å²) in [6, 6.07) is 0. The van der Waals surface area contributed by atoms with Gasteiger partial charge in [0.25, 0.3) is 0 Å². The first kappa shape index (κ1) is 21.6. The Labute approximate surface area is 188 Å². The largest absolute Gasteiger partial charge is 0.361 e. The Morgan fingerprint density at radius 3 is 2.52 bits per heavy atom. The molecule has 2 unspecified atom stereocenters.